The molecular weight excluding hydrogens is 128 g/mol. The highest BCUT2D eigenvalue weighted by Crippen LogP contribution is 2.22. The first-order valence-corrected chi connectivity index (χ1v) is 3.75. The standard InChI is InChI=1S/C7H12N2O/c1-3-10-4-2-7(1)5-8-6-9-7/h6H,1-5H2,(H,8,9). The Morgan fingerprint density at radius 2 is 2.20 bits per heavy atom. The summed E-state index contributed by atoms with van der Waals surface area (Å²) < 4.78 is 5.26. The quantitative estimate of drug-likeness (QED) is 0.520. The second-order valence-corrected chi connectivity index (χ2v) is 3.01. The van der Waals surface area contributed by atoms with Crippen LogP contribution in [0.25, 0.3) is 0 Å². The van der Waals surface area contributed by atoms with Crippen molar-refractivity contribution in [3.63, 3.8) is 0 Å². The molecule has 1 spiro atoms. The molecule has 0 amide bonds. The van der Waals surface area contributed by atoms with Gasteiger partial charge in [0, 0.05) is 13.2 Å². The Morgan fingerprint density at radius 1 is 1.40 bits per heavy atom. The third-order valence-corrected chi connectivity index (χ3v) is 2.31. The molecule has 0 aromatic carbocycles. The number of hydrogen-bond donors (Lipinski definition) is 1. The van der Waals surface area contributed by atoms with E-state index in [1.54, 1.807) is 0 Å². The van der Waals surface area contributed by atoms with Crippen molar-refractivity contribution in [1.82, 2.24) is 5.32 Å². The average molecular weight is 140 g/mol. The van der Waals surface area contributed by atoms with Gasteiger partial charge in [0.15, 0.2) is 0 Å². The Hall–Kier alpha value is -0.570. The third kappa shape index (κ3) is 0.904. The molecule has 2 aliphatic heterocycles. The molecule has 0 radical (unpaired) electrons. The summed E-state index contributed by atoms with van der Waals surface area (Å²) in [4.78, 5) is 4.17. The van der Waals surface area contributed by atoms with Gasteiger partial charge in [-0.1, -0.05) is 0 Å². The number of ether oxygens (including phenoxy) is 1. The summed E-state index contributed by atoms with van der Waals surface area (Å²) in [5.74, 6) is 0. The van der Waals surface area contributed by atoms with Gasteiger partial charge in [-0.15, -0.1) is 0 Å². The molecule has 2 aliphatic rings. The van der Waals surface area contributed by atoms with Gasteiger partial charge >= 0.3 is 0 Å². The van der Waals surface area contributed by atoms with Crippen LogP contribution >= 0.6 is 0 Å². The molecule has 1 fully saturated rings. The first-order valence-electron chi connectivity index (χ1n) is 3.75. The SMILES string of the molecule is C1=NCC2(CCOCC2)N1. The van der Waals surface area contributed by atoms with Crippen LogP contribution in [0.5, 0.6) is 0 Å². The molecule has 56 valence electrons. The first kappa shape index (κ1) is 6.16. The summed E-state index contributed by atoms with van der Waals surface area (Å²) in [6.45, 7) is 2.71. The third-order valence-electron chi connectivity index (χ3n) is 2.31. The minimum Gasteiger partial charge on any atom is -0.381 e. The van der Waals surface area contributed by atoms with E-state index in [4.69, 9.17) is 4.74 Å². The molecule has 3 heteroatoms. The van der Waals surface area contributed by atoms with Crippen LogP contribution < -0.4 is 5.32 Å². The average Bonchev–Trinajstić information content (AvgIpc) is 2.39. The maximum atomic E-state index is 5.26. The zero-order valence-electron chi connectivity index (χ0n) is 5.97. The van der Waals surface area contributed by atoms with Crippen LogP contribution in [0.1, 0.15) is 12.8 Å². The van der Waals surface area contributed by atoms with Gasteiger partial charge < -0.3 is 10.1 Å². The van der Waals surface area contributed by atoms with E-state index in [1.165, 1.54) is 0 Å². The molecule has 1 saturated heterocycles. The molecule has 0 aromatic rings. The highest BCUT2D eigenvalue weighted by atomic mass is 16.5. The van der Waals surface area contributed by atoms with E-state index in [9.17, 15) is 0 Å². The zero-order chi connectivity index (χ0) is 6.86. The first-order chi connectivity index (χ1) is 4.91. The van der Waals surface area contributed by atoms with E-state index in [0.717, 1.165) is 32.6 Å². The van der Waals surface area contributed by atoms with Crippen LogP contribution in [0.2, 0.25) is 0 Å². The molecule has 2 heterocycles. The number of aliphatic imine (C=N–C) groups is 1. The van der Waals surface area contributed by atoms with Gasteiger partial charge in [-0.25, -0.2) is 0 Å². The van der Waals surface area contributed by atoms with Crippen molar-refractivity contribution in [2.24, 2.45) is 4.99 Å². The van der Waals surface area contributed by atoms with Crippen molar-refractivity contribution in [2.45, 2.75) is 18.4 Å². The largest absolute Gasteiger partial charge is 0.381 e. The molecule has 2 rings (SSSR count). The number of hydrogen-bond acceptors (Lipinski definition) is 3. The number of rotatable bonds is 0. The van der Waals surface area contributed by atoms with Gasteiger partial charge in [0.05, 0.1) is 18.4 Å². The summed E-state index contributed by atoms with van der Waals surface area (Å²) in [5.41, 5.74) is 0.276. The van der Waals surface area contributed by atoms with Gasteiger partial charge in [0.2, 0.25) is 0 Å². The van der Waals surface area contributed by atoms with Gasteiger partial charge in [0.25, 0.3) is 0 Å². The van der Waals surface area contributed by atoms with Crippen LogP contribution in [0, 0.1) is 0 Å². The van der Waals surface area contributed by atoms with Crippen molar-refractivity contribution >= 4 is 6.34 Å². The Kier molecular flexibility index (Phi) is 1.38. The summed E-state index contributed by atoms with van der Waals surface area (Å²) in [6, 6.07) is 0. The summed E-state index contributed by atoms with van der Waals surface area (Å²) in [5, 5.41) is 3.30. The molecule has 1 N–H and O–H groups in total. The molecule has 0 aromatic heterocycles. The Morgan fingerprint density at radius 3 is 2.80 bits per heavy atom. The lowest BCUT2D eigenvalue weighted by Crippen LogP contribution is -2.47. The summed E-state index contributed by atoms with van der Waals surface area (Å²) in [7, 11) is 0. The van der Waals surface area contributed by atoms with Crippen LogP contribution in [-0.2, 0) is 4.74 Å². The number of nitrogens with zero attached hydrogens (tertiary/aromatic N) is 1. The fraction of sp³-hybridized carbons (Fsp3) is 0.857. The minimum absolute atomic E-state index is 0.276. The van der Waals surface area contributed by atoms with Crippen molar-refractivity contribution in [3.05, 3.63) is 0 Å². The zero-order valence-corrected chi connectivity index (χ0v) is 5.97. The highest BCUT2D eigenvalue weighted by Gasteiger charge is 2.33. The van der Waals surface area contributed by atoms with Crippen molar-refractivity contribution in [3.8, 4) is 0 Å². The maximum absolute atomic E-state index is 5.26. The fourth-order valence-corrected chi connectivity index (χ4v) is 1.51. The molecule has 0 saturated carbocycles. The minimum atomic E-state index is 0.276. The molecular formula is C7H12N2O. The predicted molar refractivity (Wildman–Crippen MR) is 39.3 cm³/mol. The Balaban J connectivity index is 2.00. The summed E-state index contributed by atoms with van der Waals surface area (Å²) >= 11 is 0. The van der Waals surface area contributed by atoms with Crippen LogP contribution in [0.3, 0.4) is 0 Å². The smallest absolute Gasteiger partial charge is 0.0829 e. The van der Waals surface area contributed by atoms with Crippen LogP contribution in [-0.4, -0.2) is 31.6 Å². The fourth-order valence-electron chi connectivity index (χ4n) is 1.51. The van der Waals surface area contributed by atoms with Crippen molar-refractivity contribution in [1.29, 1.82) is 0 Å². The monoisotopic (exact) mass is 140 g/mol. The lowest BCUT2D eigenvalue weighted by molar-refractivity contribution is 0.0524. The molecule has 10 heavy (non-hydrogen) atoms. The Labute approximate surface area is 60.5 Å². The van der Waals surface area contributed by atoms with E-state index < -0.39 is 0 Å². The van der Waals surface area contributed by atoms with E-state index in [-0.39, 0.29) is 5.54 Å². The Bertz CT molecular complexity index is 140. The van der Waals surface area contributed by atoms with Crippen molar-refractivity contribution in [2.75, 3.05) is 19.8 Å². The van der Waals surface area contributed by atoms with Crippen LogP contribution in [0.15, 0.2) is 4.99 Å². The normalized spacial score (nSPS) is 28.8. The maximum Gasteiger partial charge on any atom is 0.0829 e. The second-order valence-electron chi connectivity index (χ2n) is 3.01. The van der Waals surface area contributed by atoms with E-state index >= 15 is 0 Å². The predicted octanol–water partition coefficient (Wildman–Crippen LogP) is 0.167. The van der Waals surface area contributed by atoms with Gasteiger partial charge in [-0.2, -0.15) is 0 Å². The van der Waals surface area contributed by atoms with Gasteiger partial charge in [0.1, 0.15) is 0 Å². The van der Waals surface area contributed by atoms with Crippen molar-refractivity contribution < 1.29 is 4.74 Å². The van der Waals surface area contributed by atoms with Gasteiger partial charge in [-0.05, 0) is 12.8 Å². The van der Waals surface area contributed by atoms with Gasteiger partial charge in [-0.3, -0.25) is 4.99 Å². The molecule has 3 nitrogen and oxygen atoms in total. The molecule has 0 aliphatic carbocycles. The second kappa shape index (κ2) is 2.23. The number of nitrogens with one attached hydrogen (secondary N) is 1. The lowest BCUT2D eigenvalue weighted by Gasteiger charge is -2.32. The molecule has 0 bridgehead atoms. The van der Waals surface area contributed by atoms with E-state index in [0.29, 0.717) is 0 Å². The molecule has 0 atom stereocenters. The summed E-state index contributed by atoms with van der Waals surface area (Å²) in [6.07, 6.45) is 4.03. The highest BCUT2D eigenvalue weighted by molar-refractivity contribution is 5.58. The van der Waals surface area contributed by atoms with Crippen LogP contribution in [0.4, 0.5) is 0 Å². The lowest BCUT2D eigenvalue weighted by atomic mass is 9.91. The van der Waals surface area contributed by atoms with E-state index in [1.807, 2.05) is 6.34 Å². The van der Waals surface area contributed by atoms with E-state index in [2.05, 4.69) is 10.3 Å². The molecule has 0 unspecified atom stereocenters. The topological polar surface area (TPSA) is 33.6 Å².